The number of aliphatic hydroxyl groups excluding tert-OH is 1. The molecule has 1 aromatic rings. The topological polar surface area (TPSA) is 64.7 Å². The number of ether oxygens (including phenoxy) is 2. The summed E-state index contributed by atoms with van der Waals surface area (Å²) in [5, 5.41) is 9.44. The summed E-state index contributed by atoms with van der Waals surface area (Å²) in [6.45, 7) is 0.456. The first kappa shape index (κ1) is 8.34. The molecule has 1 atom stereocenters. The van der Waals surface area contributed by atoms with Crippen LogP contribution in [0.15, 0.2) is 18.2 Å². The molecule has 4 heteroatoms. The van der Waals surface area contributed by atoms with Gasteiger partial charge in [-0.3, -0.25) is 0 Å². The molecule has 0 aliphatic carbocycles. The molecule has 1 heterocycles. The smallest absolute Gasteiger partial charge is 0.231 e. The maximum absolute atomic E-state index is 9.44. The van der Waals surface area contributed by atoms with Gasteiger partial charge in [-0.25, -0.2) is 0 Å². The van der Waals surface area contributed by atoms with Gasteiger partial charge in [0, 0.05) is 6.54 Å². The van der Waals surface area contributed by atoms with Crippen molar-refractivity contribution in [2.24, 2.45) is 5.73 Å². The first-order valence-electron chi connectivity index (χ1n) is 4.09. The Morgan fingerprint density at radius 3 is 2.92 bits per heavy atom. The fourth-order valence-corrected chi connectivity index (χ4v) is 1.26. The average Bonchev–Trinajstić information content (AvgIpc) is 2.63. The second kappa shape index (κ2) is 3.24. The van der Waals surface area contributed by atoms with Gasteiger partial charge in [0.2, 0.25) is 6.79 Å². The molecule has 1 aliphatic heterocycles. The fraction of sp³-hybridized carbons (Fsp3) is 0.333. The van der Waals surface area contributed by atoms with Crippen molar-refractivity contribution in [2.75, 3.05) is 13.3 Å². The molecular weight excluding hydrogens is 170 g/mol. The van der Waals surface area contributed by atoms with Gasteiger partial charge < -0.3 is 20.3 Å². The van der Waals surface area contributed by atoms with Crippen LogP contribution in [0.25, 0.3) is 0 Å². The summed E-state index contributed by atoms with van der Waals surface area (Å²) in [6.07, 6.45) is -0.630. The van der Waals surface area contributed by atoms with Crippen molar-refractivity contribution in [1.82, 2.24) is 0 Å². The summed E-state index contributed by atoms with van der Waals surface area (Å²) in [5.41, 5.74) is 6.08. The van der Waals surface area contributed by atoms with Gasteiger partial charge in [-0.1, -0.05) is 6.07 Å². The molecule has 2 rings (SSSR count). The predicted octanol–water partition coefficient (Wildman–Crippen LogP) is 0.407. The van der Waals surface area contributed by atoms with E-state index in [1.54, 1.807) is 18.2 Å². The molecule has 0 spiro atoms. The Balaban J connectivity index is 2.30. The lowest BCUT2D eigenvalue weighted by Crippen LogP contribution is -2.11. The summed E-state index contributed by atoms with van der Waals surface area (Å²) < 4.78 is 10.3. The molecule has 0 saturated carbocycles. The number of hydrogen-bond acceptors (Lipinski definition) is 4. The Hall–Kier alpha value is -1.26. The predicted molar refractivity (Wildman–Crippen MR) is 46.6 cm³/mol. The second-order valence-electron chi connectivity index (χ2n) is 2.86. The Labute approximate surface area is 75.9 Å². The third-order valence-electron chi connectivity index (χ3n) is 2.00. The summed E-state index contributed by atoms with van der Waals surface area (Å²) in [5.74, 6) is 1.39. The Morgan fingerprint density at radius 1 is 1.38 bits per heavy atom. The number of benzene rings is 1. The quantitative estimate of drug-likeness (QED) is 0.693. The minimum Gasteiger partial charge on any atom is -0.454 e. The van der Waals surface area contributed by atoms with Crippen molar-refractivity contribution in [3.63, 3.8) is 0 Å². The van der Waals surface area contributed by atoms with Gasteiger partial charge in [-0.05, 0) is 17.7 Å². The Bertz CT molecular complexity index is 314. The number of fused-ring (bicyclic) bond motifs is 1. The van der Waals surface area contributed by atoms with E-state index in [2.05, 4.69) is 0 Å². The molecule has 70 valence electrons. The highest BCUT2D eigenvalue weighted by Gasteiger charge is 2.15. The maximum Gasteiger partial charge on any atom is 0.231 e. The SMILES string of the molecule is NC[C@@H](O)c1ccc2c(c1)OCO2. The average molecular weight is 181 g/mol. The van der Waals surface area contributed by atoms with Crippen molar-refractivity contribution < 1.29 is 14.6 Å². The number of hydrogen-bond donors (Lipinski definition) is 2. The highest BCUT2D eigenvalue weighted by Crippen LogP contribution is 2.33. The van der Waals surface area contributed by atoms with Crippen LogP contribution in [0.5, 0.6) is 11.5 Å². The van der Waals surface area contributed by atoms with Crippen molar-refractivity contribution in [1.29, 1.82) is 0 Å². The van der Waals surface area contributed by atoms with E-state index in [1.807, 2.05) is 0 Å². The zero-order valence-electron chi connectivity index (χ0n) is 7.06. The van der Waals surface area contributed by atoms with E-state index in [-0.39, 0.29) is 13.3 Å². The maximum atomic E-state index is 9.44. The van der Waals surface area contributed by atoms with E-state index in [4.69, 9.17) is 15.2 Å². The van der Waals surface area contributed by atoms with Crippen LogP contribution < -0.4 is 15.2 Å². The molecule has 0 amide bonds. The largest absolute Gasteiger partial charge is 0.454 e. The third-order valence-corrected chi connectivity index (χ3v) is 2.00. The Morgan fingerprint density at radius 2 is 2.15 bits per heavy atom. The zero-order valence-corrected chi connectivity index (χ0v) is 7.06. The molecule has 0 aromatic heterocycles. The molecule has 0 bridgehead atoms. The van der Waals surface area contributed by atoms with E-state index in [1.165, 1.54) is 0 Å². The minimum absolute atomic E-state index is 0.208. The zero-order chi connectivity index (χ0) is 9.26. The van der Waals surface area contributed by atoms with Crippen LogP contribution in [0.1, 0.15) is 11.7 Å². The van der Waals surface area contributed by atoms with Crippen LogP contribution in [0.3, 0.4) is 0 Å². The lowest BCUT2D eigenvalue weighted by Gasteiger charge is -2.07. The van der Waals surface area contributed by atoms with E-state index < -0.39 is 6.10 Å². The van der Waals surface area contributed by atoms with E-state index in [0.717, 1.165) is 5.56 Å². The molecule has 1 aliphatic rings. The number of nitrogens with two attached hydrogens (primary N) is 1. The van der Waals surface area contributed by atoms with Gasteiger partial charge in [-0.2, -0.15) is 0 Å². The first-order valence-corrected chi connectivity index (χ1v) is 4.09. The van der Waals surface area contributed by atoms with Crippen LogP contribution >= 0.6 is 0 Å². The van der Waals surface area contributed by atoms with Gasteiger partial charge in [-0.15, -0.1) is 0 Å². The normalized spacial score (nSPS) is 15.8. The van der Waals surface area contributed by atoms with Gasteiger partial charge in [0.15, 0.2) is 11.5 Å². The first-order chi connectivity index (χ1) is 6.31. The fourth-order valence-electron chi connectivity index (χ4n) is 1.26. The summed E-state index contributed by atoms with van der Waals surface area (Å²) >= 11 is 0. The molecule has 0 fully saturated rings. The molecule has 0 radical (unpaired) electrons. The third kappa shape index (κ3) is 1.46. The van der Waals surface area contributed by atoms with Crippen molar-refractivity contribution in [3.05, 3.63) is 23.8 Å². The number of aliphatic hydroxyl groups is 1. The monoisotopic (exact) mass is 181 g/mol. The Kier molecular flexibility index (Phi) is 2.08. The van der Waals surface area contributed by atoms with E-state index >= 15 is 0 Å². The molecular formula is C9H11NO3. The van der Waals surface area contributed by atoms with Crippen molar-refractivity contribution in [2.45, 2.75) is 6.10 Å². The molecule has 0 saturated heterocycles. The molecule has 1 aromatic carbocycles. The van der Waals surface area contributed by atoms with Gasteiger partial charge >= 0.3 is 0 Å². The molecule has 0 unspecified atom stereocenters. The van der Waals surface area contributed by atoms with Crippen LogP contribution in [-0.2, 0) is 0 Å². The lowest BCUT2D eigenvalue weighted by atomic mass is 10.1. The molecule has 4 nitrogen and oxygen atoms in total. The second-order valence-corrected chi connectivity index (χ2v) is 2.86. The van der Waals surface area contributed by atoms with Crippen LogP contribution in [0.2, 0.25) is 0 Å². The molecule has 13 heavy (non-hydrogen) atoms. The minimum atomic E-state index is -0.630. The lowest BCUT2D eigenvalue weighted by molar-refractivity contribution is 0.172. The van der Waals surface area contributed by atoms with Gasteiger partial charge in [0.25, 0.3) is 0 Å². The van der Waals surface area contributed by atoms with Gasteiger partial charge in [0.05, 0.1) is 6.10 Å². The van der Waals surface area contributed by atoms with Crippen molar-refractivity contribution >= 4 is 0 Å². The van der Waals surface area contributed by atoms with E-state index in [9.17, 15) is 5.11 Å². The highest BCUT2D eigenvalue weighted by atomic mass is 16.7. The highest BCUT2D eigenvalue weighted by molar-refractivity contribution is 5.45. The molecule has 3 N–H and O–H groups in total. The number of rotatable bonds is 2. The van der Waals surface area contributed by atoms with E-state index in [0.29, 0.717) is 11.5 Å². The van der Waals surface area contributed by atoms with Crippen LogP contribution in [-0.4, -0.2) is 18.4 Å². The summed E-state index contributed by atoms with van der Waals surface area (Å²) in [7, 11) is 0. The van der Waals surface area contributed by atoms with Crippen molar-refractivity contribution in [3.8, 4) is 11.5 Å². The summed E-state index contributed by atoms with van der Waals surface area (Å²) in [4.78, 5) is 0. The standard InChI is InChI=1S/C9H11NO3/c10-4-7(11)6-1-2-8-9(3-6)13-5-12-8/h1-3,7,11H,4-5,10H2/t7-/m1/s1. The van der Waals surface area contributed by atoms with Crippen LogP contribution in [0.4, 0.5) is 0 Å². The van der Waals surface area contributed by atoms with Crippen LogP contribution in [0, 0.1) is 0 Å². The van der Waals surface area contributed by atoms with Gasteiger partial charge in [0.1, 0.15) is 0 Å². The summed E-state index contributed by atoms with van der Waals surface area (Å²) in [6, 6.07) is 5.31.